The number of halogens is 1. The summed E-state index contributed by atoms with van der Waals surface area (Å²) in [5.74, 6) is 1.01. The van der Waals surface area contributed by atoms with E-state index >= 15 is 0 Å². The van der Waals surface area contributed by atoms with Crippen molar-refractivity contribution in [3.05, 3.63) is 46.5 Å². The van der Waals surface area contributed by atoms with Gasteiger partial charge in [-0.1, -0.05) is 22.9 Å². The van der Waals surface area contributed by atoms with Gasteiger partial charge >= 0.3 is 0 Å². The van der Waals surface area contributed by atoms with Crippen LogP contribution in [0.25, 0.3) is 5.69 Å². The Morgan fingerprint density at radius 2 is 2.29 bits per heavy atom. The molecule has 17 heavy (non-hydrogen) atoms. The Hall–Kier alpha value is -1.62. The summed E-state index contributed by atoms with van der Waals surface area (Å²) in [7, 11) is 0. The van der Waals surface area contributed by atoms with Crippen molar-refractivity contribution >= 4 is 21.8 Å². The van der Waals surface area contributed by atoms with E-state index in [1.165, 1.54) is 0 Å². The molecule has 0 saturated carbocycles. The van der Waals surface area contributed by atoms with Crippen molar-refractivity contribution in [1.82, 2.24) is 9.55 Å². The topological polar surface area (TPSA) is 67.7 Å². The lowest BCUT2D eigenvalue weighted by molar-refractivity contribution is 0.889. The average Bonchev–Trinajstić information content (AvgIpc) is 2.76. The van der Waals surface area contributed by atoms with E-state index in [9.17, 15) is 0 Å². The predicted octanol–water partition coefficient (Wildman–Crippen LogP) is 2.48. The lowest BCUT2D eigenvalue weighted by Crippen LogP contribution is -2.15. The number of rotatable bonds is 3. The molecule has 1 heterocycles. The molecule has 0 unspecified atom stereocenters. The van der Waals surface area contributed by atoms with Crippen LogP contribution in [0.2, 0.25) is 0 Å². The van der Waals surface area contributed by atoms with Crippen molar-refractivity contribution < 1.29 is 0 Å². The molecule has 0 aliphatic heterocycles. The quantitative estimate of drug-likeness (QED) is 0.674. The van der Waals surface area contributed by atoms with E-state index in [2.05, 4.69) is 20.9 Å². The van der Waals surface area contributed by atoms with Gasteiger partial charge in [0, 0.05) is 28.9 Å². The van der Waals surface area contributed by atoms with Crippen LogP contribution in [-0.2, 0) is 6.42 Å². The van der Waals surface area contributed by atoms with Crippen LogP contribution >= 0.6 is 15.9 Å². The fourth-order valence-corrected chi connectivity index (χ4v) is 2.11. The van der Waals surface area contributed by atoms with Crippen LogP contribution in [0.15, 0.2) is 35.1 Å². The Balaban J connectivity index is 2.63. The van der Waals surface area contributed by atoms with Gasteiger partial charge in [0.05, 0.1) is 5.69 Å². The highest BCUT2D eigenvalue weighted by Crippen LogP contribution is 2.21. The van der Waals surface area contributed by atoms with E-state index < -0.39 is 0 Å². The van der Waals surface area contributed by atoms with E-state index in [0.29, 0.717) is 5.56 Å². The van der Waals surface area contributed by atoms with E-state index in [1.54, 1.807) is 6.20 Å². The second-order valence-electron chi connectivity index (χ2n) is 3.64. The Labute approximate surface area is 108 Å². The van der Waals surface area contributed by atoms with Crippen LogP contribution in [0.5, 0.6) is 0 Å². The third-order valence-corrected chi connectivity index (χ3v) is 3.04. The number of aromatic nitrogens is 2. The third kappa shape index (κ3) is 2.24. The van der Waals surface area contributed by atoms with Crippen LogP contribution in [0.4, 0.5) is 0 Å². The minimum Gasteiger partial charge on any atom is -0.384 e. The highest BCUT2D eigenvalue weighted by molar-refractivity contribution is 9.10. The van der Waals surface area contributed by atoms with Gasteiger partial charge in [-0.05, 0) is 18.2 Å². The second-order valence-corrected chi connectivity index (χ2v) is 4.56. The van der Waals surface area contributed by atoms with Gasteiger partial charge in [-0.25, -0.2) is 4.98 Å². The summed E-state index contributed by atoms with van der Waals surface area (Å²) in [6.07, 6.45) is 4.47. The molecule has 2 aromatic rings. The smallest absolute Gasteiger partial charge is 0.124 e. The van der Waals surface area contributed by atoms with Crippen molar-refractivity contribution in [3.63, 3.8) is 0 Å². The van der Waals surface area contributed by atoms with Crippen LogP contribution < -0.4 is 5.73 Å². The third-order valence-electron chi connectivity index (χ3n) is 2.54. The monoisotopic (exact) mass is 292 g/mol. The zero-order chi connectivity index (χ0) is 12.4. The zero-order valence-corrected chi connectivity index (χ0v) is 11.0. The van der Waals surface area contributed by atoms with Crippen molar-refractivity contribution in [2.24, 2.45) is 5.73 Å². The number of benzene rings is 1. The summed E-state index contributed by atoms with van der Waals surface area (Å²) >= 11 is 3.39. The number of nitrogen functional groups attached to an aromatic ring is 1. The zero-order valence-electron chi connectivity index (χ0n) is 9.44. The number of hydrogen-bond donors (Lipinski definition) is 2. The second kappa shape index (κ2) is 4.71. The molecular formula is C12H13BrN4. The number of nitrogens with one attached hydrogen (secondary N) is 1. The molecule has 1 aromatic carbocycles. The average molecular weight is 293 g/mol. The van der Waals surface area contributed by atoms with Gasteiger partial charge in [-0.15, -0.1) is 0 Å². The number of nitrogens with two attached hydrogens (primary N) is 1. The van der Waals surface area contributed by atoms with Crippen LogP contribution in [-0.4, -0.2) is 15.4 Å². The first-order valence-corrected chi connectivity index (χ1v) is 6.09. The Bertz CT molecular complexity index is 559. The molecule has 0 atom stereocenters. The van der Waals surface area contributed by atoms with Gasteiger partial charge in [0.25, 0.3) is 0 Å². The van der Waals surface area contributed by atoms with Gasteiger partial charge in [0.2, 0.25) is 0 Å². The normalized spacial score (nSPS) is 10.5. The fourth-order valence-electron chi connectivity index (χ4n) is 1.75. The lowest BCUT2D eigenvalue weighted by atomic mass is 10.1. The summed E-state index contributed by atoms with van der Waals surface area (Å²) in [4.78, 5) is 4.27. The summed E-state index contributed by atoms with van der Waals surface area (Å²) in [5.41, 5.74) is 7.20. The van der Waals surface area contributed by atoms with Crippen molar-refractivity contribution in [2.75, 3.05) is 0 Å². The Kier molecular flexibility index (Phi) is 3.28. The first kappa shape index (κ1) is 11.9. The molecule has 0 radical (unpaired) electrons. The van der Waals surface area contributed by atoms with Gasteiger partial charge in [0.15, 0.2) is 0 Å². The van der Waals surface area contributed by atoms with Gasteiger partial charge in [-0.2, -0.15) is 0 Å². The van der Waals surface area contributed by atoms with Gasteiger partial charge < -0.3 is 10.3 Å². The molecule has 3 N–H and O–H groups in total. The molecule has 0 aliphatic carbocycles. The largest absolute Gasteiger partial charge is 0.384 e. The number of hydrogen-bond acceptors (Lipinski definition) is 2. The molecule has 0 amide bonds. The molecule has 5 heteroatoms. The highest BCUT2D eigenvalue weighted by atomic mass is 79.9. The maximum atomic E-state index is 7.63. The molecule has 0 aliphatic rings. The van der Waals surface area contributed by atoms with E-state index in [0.717, 1.165) is 22.4 Å². The Morgan fingerprint density at radius 3 is 2.94 bits per heavy atom. The first-order valence-electron chi connectivity index (χ1n) is 5.30. The molecule has 0 saturated heterocycles. The first-order chi connectivity index (χ1) is 8.13. The molecule has 0 fully saturated rings. The molecule has 1 aromatic heterocycles. The standard InChI is InChI=1S/C12H13BrN4/c1-2-11-16-5-6-17(11)10-4-3-8(13)7-9(10)12(14)15/h3-7H,2H2,1H3,(H3,14,15). The fraction of sp³-hybridized carbons (Fsp3) is 0.167. The highest BCUT2D eigenvalue weighted by Gasteiger charge is 2.10. The summed E-state index contributed by atoms with van der Waals surface area (Å²) < 4.78 is 2.87. The summed E-state index contributed by atoms with van der Waals surface area (Å²) in [5, 5.41) is 7.63. The van der Waals surface area contributed by atoms with Crippen molar-refractivity contribution in [1.29, 1.82) is 5.41 Å². The van der Waals surface area contributed by atoms with Crippen LogP contribution in [0, 0.1) is 5.41 Å². The summed E-state index contributed by atoms with van der Waals surface area (Å²) in [6, 6.07) is 5.71. The van der Waals surface area contributed by atoms with Crippen molar-refractivity contribution in [2.45, 2.75) is 13.3 Å². The van der Waals surface area contributed by atoms with Gasteiger partial charge in [0.1, 0.15) is 11.7 Å². The molecule has 4 nitrogen and oxygen atoms in total. The predicted molar refractivity (Wildman–Crippen MR) is 71.7 cm³/mol. The number of aryl methyl sites for hydroxylation is 1. The van der Waals surface area contributed by atoms with Crippen LogP contribution in [0.3, 0.4) is 0 Å². The molecule has 0 spiro atoms. The lowest BCUT2D eigenvalue weighted by Gasteiger charge is -2.12. The minimum atomic E-state index is 0.0528. The number of nitrogens with zero attached hydrogens (tertiary/aromatic N) is 2. The molecule has 88 valence electrons. The minimum absolute atomic E-state index is 0.0528. The maximum absolute atomic E-state index is 7.63. The van der Waals surface area contributed by atoms with Crippen molar-refractivity contribution in [3.8, 4) is 5.69 Å². The molecule has 0 bridgehead atoms. The SMILES string of the molecule is CCc1nccn1-c1ccc(Br)cc1C(=N)N. The van der Waals surface area contributed by atoms with Crippen LogP contribution in [0.1, 0.15) is 18.3 Å². The number of imidazole rings is 1. The van der Waals surface area contributed by atoms with E-state index in [1.807, 2.05) is 35.9 Å². The Morgan fingerprint density at radius 1 is 1.53 bits per heavy atom. The van der Waals surface area contributed by atoms with E-state index in [4.69, 9.17) is 11.1 Å². The summed E-state index contributed by atoms with van der Waals surface area (Å²) in [6.45, 7) is 2.05. The maximum Gasteiger partial charge on any atom is 0.124 e. The van der Waals surface area contributed by atoms with E-state index in [-0.39, 0.29) is 5.84 Å². The number of amidine groups is 1. The molecular weight excluding hydrogens is 280 g/mol. The van der Waals surface area contributed by atoms with Gasteiger partial charge in [-0.3, -0.25) is 5.41 Å². The molecule has 2 rings (SSSR count).